The molecule has 0 fully saturated rings. The predicted octanol–water partition coefficient (Wildman–Crippen LogP) is 7.11. The molecule has 1 nitrogen and oxygen atoms in total. The van der Waals surface area contributed by atoms with Crippen LogP contribution in [-0.2, 0) is 0 Å². The summed E-state index contributed by atoms with van der Waals surface area (Å²) in [7, 11) is -1.78. The first kappa shape index (κ1) is 19.3. The standard InChI is InChI=1S/C20H25Cl2NSi/c1-13(2)24(14(3)4,15(5)6)10-8-16-11-17-18(21)7-9-23-20(17)12-19(16)22/h7,9,11-15H,1-6H3. The molecular formula is C20H25Cl2NSi. The number of hydrogen-bond donors (Lipinski definition) is 0. The van der Waals surface area contributed by atoms with Gasteiger partial charge in [0.05, 0.1) is 15.6 Å². The van der Waals surface area contributed by atoms with Gasteiger partial charge >= 0.3 is 0 Å². The number of hydrogen-bond acceptors (Lipinski definition) is 1. The number of benzene rings is 1. The molecule has 0 saturated carbocycles. The molecule has 0 aliphatic heterocycles. The van der Waals surface area contributed by atoms with Gasteiger partial charge in [0.1, 0.15) is 8.07 Å². The van der Waals surface area contributed by atoms with Crippen LogP contribution in [0.15, 0.2) is 24.4 Å². The Bertz CT molecular complexity index is 779. The van der Waals surface area contributed by atoms with E-state index in [9.17, 15) is 0 Å². The summed E-state index contributed by atoms with van der Waals surface area (Å²) in [6.45, 7) is 13.9. The lowest BCUT2D eigenvalue weighted by atomic mass is 10.1. The Labute approximate surface area is 156 Å². The monoisotopic (exact) mass is 377 g/mol. The Balaban J connectivity index is 2.62. The Hall–Kier alpha value is -1.01. The molecule has 0 bridgehead atoms. The molecule has 2 rings (SSSR count). The molecule has 4 heteroatoms. The van der Waals surface area contributed by atoms with Crippen molar-refractivity contribution in [3.05, 3.63) is 40.0 Å². The zero-order valence-corrected chi connectivity index (χ0v) is 17.8. The minimum Gasteiger partial charge on any atom is -0.256 e. The smallest absolute Gasteiger partial charge is 0.146 e. The third-order valence-corrected chi connectivity index (χ3v) is 12.0. The third-order valence-electron chi connectivity index (χ3n) is 5.06. The Morgan fingerprint density at radius 1 is 0.917 bits per heavy atom. The maximum absolute atomic E-state index is 6.45. The van der Waals surface area contributed by atoms with Crippen molar-refractivity contribution < 1.29 is 0 Å². The molecule has 2 aromatic rings. The van der Waals surface area contributed by atoms with E-state index in [1.54, 1.807) is 12.3 Å². The van der Waals surface area contributed by atoms with Crippen molar-refractivity contribution in [2.75, 3.05) is 0 Å². The number of nitrogens with zero attached hydrogens (tertiary/aromatic N) is 1. The average Bonchev–Trinajstić information content (AvgIpc) is 2.47. The minimum atomic E-state index is -1.78. The molecule has 0 atom stereocenters. The van der Waals surface area contributed by atoms with Gasteiger partial charge in [-0.2, -0.15) is 0 Å². The van der Waals surface area contributed by atoms with Crippen molar-refractivity contribution in [1.29, 1.82) is 0 Å². The van der Waals surface area contributed by atoms with Crippen LogP contribution >= 0.6 is 23.2 Å². The largest absolute Gasteiger partial charge is 0.256 e. The average molecular weight is 378 g/mol. The fourth-order valence-electron chi connectivity index (χ4n) is 3.84. The third kappa shape index (κ3) is 3.49. The van der Waals surface area contributed by atoms with Gasteiger partial charge in [-0.1, -0.05) is 70.7 Å². The van der Waals surface area contributed by atoms with Crippen LogP contribution in [-0.4, -0.2) is 13.1 Å². The first-order chi connectivity index (χ1) is 11.2. The van der Waals surface area contributed by atoms with Crippen molar-refractivity contribution in [3.63, 3.8) is 0 Å². The minimum absolute atomic E-state index is 0.592. The highest BCUT2D eigenvalue weighted by atomic mass is 35.5. The van der Waals surface area contributed by atoms with Crippen molar-refractivity contribution in [2.45, 2.75) is 58.2 Å². The van der Waals surface area contributed by atoms with Gasteiger partial charge in [-0.15, -0.1) is 5.54 Å². The topological polar surface area (TPSA) is 12.9 Å². The van der Waals surface area contributed by atoms with Gasteiger partial charge in [0.2, 0.25) is 0 Å². The van der Waals surface area contributed by atoms with Crippen LogP contribution < -0.4 is 0 Å². The summed E-state index contributed by atoms with van der Waals surface area (Å²) in [6.07, 6.45) is 1.70. The number of fused-ring (bicyclic) bond motifs is 1. The van der Waals surface area contributed by atoms with Gasteiger partial charge in [0.15, 0.2) is 0 Å². The highest BCUT2D eigenvalue weighted by Gasteiger charge is 2.41. The van der Waals surface area contributed by atoms with E-state index < -0.39 is 8.07 Å². The predicted molar refractivity (Wildman–Crippen MR) is 110 cm³/mol. The lowest BCUT2D eigenvalue weighted by Crippen LogP contribution is -2.43. The van der Waals surface area contributed by atoms with Gasteiger partial charge in [0, 0.05) is 17.1 Å². The number of pyridine rings is 1. The maximum Gasteiger partial charge on any atom is 0.146 e. The van der Waals surface area contributed by atoms with Crippen LogP contribution in [0.25, 0.3) is 10.9 Å². The Morgan fingerprint density at radius 2 is 1.50 bits per heavy atom. The van der Waals surface area contributed by atoms with Crippen LogP contribution in [0.3, 0.4) is 0 Å². The highest BCUT2D eigenvalue weighted by molar-refractivity contribution is 6.90. The summed E-state index contributed by atoms with van der Waals surface area (Å²) in [6, 6.07) is 5.63. The summed E-state index contributed by atoms with van der Waals surface area (Å²) in [5.41, 5.74) is 7.14. The molecule has 0 spiro atoms. The summed E-state index contributed by atoms with van der Waals surface area (Å²) < 4.78 is 0. The summed E-state index contributed by atoms with van der Waals surface area (Å²) in [4.78, 5) is 4.33. The van der Waals surface area contributed by atoms with Crippen molar-refractivity contribution in [3.8, 4) is 11.5 Å². The van der Waals surface area contributed by atoms with Crippen LogP contribution in [0.2, 0.25) is 26.7 Å². The molecule has 128 valence electrons. The van der Waals surface area contributed by atoms with E-state index in [2.05, 4.69) is 58.0 Å². The number of aromatic nitrogens is 1. The SMILES string of the molecule is CC(C)[Si](C#Cc1cc2c(Cl)ccnc2cc1Cl)(C(C)C)C(C)C. The molecule has 0 saturated heterocycles. The maximum atomic E-state index is 6.45. The van der Waals surface area contributed by atoms with Gasteiger partial charge in [0.25, 0.3) is 0 Å². The number of halogens is 2. The molecule has 0 unspecified atom stereocenters. The molecular weight excluding hydrogens is 353 g/mol. The van der Waals surface area contributed by atoms with Gasteiger partial charge in [-0.05, 0) is 34.8 Å². The van der Waals surface area contributed by atoms with Gasteiger partial charge < -0.3 is 0 Å². The molecule has 24 heavy (non-hydrogen) atoms. The van der Waals surface area contributed by atoms with Crippen molar-refractivity contribution >= 4 is 42.2 Å². The van der Waals surface area contributed by atoms with Gasteiger partial charge in [-0.25, -0.2) is 0 Å². The molecule has 0 N–H and O–H groups in total. The first-order valence-corrected chi connectivity index (χ1v) is 11.5. The normalized spacial score (nSPS) is 12.1. The van der Waals surface area contributed by atoms with Crippen molar-refractivity contribution in [1.82, 2.24) is 4.98 Å². The van der Waals surface area contributed by atoms with E-state index in [0.29, 0.717) is 26.7 Å². The lowest BCUT2D eigenvalue weighted by molar-refractivity contribution is 0.838. The quantitative estimate of drug-likeness (QED) is 0.410. The van der Waals surface area contributed by atoms with E-state index in [-0.39, 0.29) is 0 Å². The van der Waals surface area contributed by atoms with E-state index in [1.807, 2.05) is 12.1 Å². The van der Waals surface area contributed by atoms with E-state index in [0.717, 1.165) is 16.5 Å². The second-order valence-corrected chi connectivity index (χ2v) is 13.7. The molecule has 0 aliphatic rings. The highest BCUT2D eigenvalue weighted by Crippen LogP contribution is 2.41. The van der Waals surface area contributed by atoms with Crippen LogP contribution in [0.1, 0.15) is 47.1 Å². The van der Waals surface area contributed by atoms with Crippen LogP contribution in [0.5, 0.6) is 0 Å². The fourth-order valence-corrected chi connectivity index (χ4v) is 9.47. The Kier molecular flexibility index (Phi) is 6.02. The first-order valence-electron chi connectivity index (χ1n) is 8.47. The van der Waals surface area contributed by atoms with Crippen LogP contribution in [0.4, 0.5) is 0 Å². The second-order valence-electron chi connectivity index (χ2n) is 7.29. The fraction of sp³-hybridized carbons (Fsp3) is 0.450. The number of rotatable bonds is 3. The zero-order chi connectivity index (χ0) is 18.1. The van der Waals surface area contributed by atoms with E-state index >= 15 is 0 Å². The van der Waals surface area contributed by atoms with Crippen LogP contribution in [0, 0.1) is 11.5 Å². The second kappa shape index (κ2) is 7.48. The zero-order valence-electron chi connectivity index (χ0n) is 15.2. The molecule has 0 aliphatic carbocycles. The molecule has 0 amide bonds. The van der Waals surface area contributed by atoms with Crippen molar-refractivity contribution in [2.24, 2.45) is 0 Å². The Morgan fingerprint density at radius 3 is 2.04 bits per heavy atom. The summed E-state index contributed by atoms with van der Waals surface area (Å²) >= 11 is 12.8. The molecule has 0 radical (unpaired) electrons. The summed E-state index contributed by atoms with van der Waals surface area (Å²) in [5, 5.41) is 2.22. The van der Waals surface area contributed by atoms with Gasteiger partial charge in [-0.3, -0.25) is 4.98 Å². The molecule has 1 heterocycles. The van der Waals surface area contributed by atoms with E-state index in [4.69, 9.17) is 23.2 Å². The molecule has 1 aromatic heterocycles. The lowest BCUT2D eigenvalue weighted by Gasteiger charge is -2.38. The molecule has 1 aromatic carbocycles. The summed E-state index contributed by atoms with van der Waals surface area (Å²) in [5.74, 6) is 3.41. The van der Waals surface area contributed by atoms with E-state index in [1.165, 1.54) is 0 Å².